The Labute approximate surface area is 126 Å². The van der Waals surface area contributed by atoms with Gasteiger partial charge in [-0.05, 0) is 42.5 Å². The molecule has 1 aliphatic heterocycles. The Bertz CT molecular complexity index is 538. The van der Waals surface area contributed by atoms with Crippen molar-refractivity contribution in [3.8, 4) is 0 Å². The van der Waals surface area contributed by atoms with Crippen LogP contribution in [0.4, 0.5) is 10.1 Å². The predicted molar refractivity (Wildman–Crippen MR) is 83.7 cm³/mol. The van der Waals surface area contributed by atoms with Crippen molar-refractivity contribution in [2.45, 2.75) is 47.1 Å². The Balaban J connectivity index is 2.18. The van der Waals surface area contributed by atoms with Crippen LogP contribution in [-0.4, -0.2) is 12.5 Å². The summed E-state index contributed by atoms with van der Waals surface area (Å²) >= 11 is 0. The third kappa shape index (κ3) is 3.62. The van der Waals surface area contributed by atoms with E-state index in [2.05, 4.69) is 24.5 Å². The fourth-order valence-electron chi connectivity index (χ4n) is 3.03. The Morgan fingerprint density at radius 2 is 2.14 bits per heavy atom. The van der Waals surface area contributed by atoms with Crippen LogP contribution in [0.25, 0.3) is 0 Å². The fourth-order valence-corrected chi connectivity index (χ4v) is 3.03. The van der Waals surface area contributed by atoms with Crippen molar-refractivity contribution in [1.29, 1.82) is 0 Å². The maximum Gasteiger partial charge on any atom is 0.230 e. The van der Waals surface area contributed by atoms with Gasteiger partial charge in [0, 0.05) is 12.0 Å². The molecular weight excluding hydrogens is 267 g/mol. The molecule has 1 heterocycles. The summed E-state index contributed by atoms with van der Waals surface area (Å²) in [6.07, 6.45) is 1.44. The molecule has 4 heteroatoms. The van der Waals surface area contributed by atoms with E-state index in [9.17, 15) is 9.18 Å². The van der Waals surface area contributed by atoms with Crippen LogP contribution >= 0.6 is 0 Å². The number of nitrogens with one attached hydrogen (secondary N) is 2. The first-order valence-corrected chi connectivity index (χ1v) is 7.63. The lowest BCUT2D eigenvalue weighted by Gasteiger charge is -2.26. The number of halogens is 1. The molecular formula is C17H25FN2O. The summed E-state index contributed by atoms with van der Waals surface area (Å²) in [5.74, 6) is 0.0249. The molecule has 0 radical (unpaired) electrons. The summed E-state index contributed by atoms with van der Waals surface area (Å²) < 4.78 is 14.5. The van der Waals surface area contributed by atoms with Crippen LogP contribution in [0.5, 0.6) is 0 Å². The zero-order valence-electron chi connectivity index (χ0n) is 13.3. The second kappa shape index (κ2) is 6.14. The summed E-state index contributed by atoms with van der Waals surface area (Å²) in [6.45, 7) is 9.45. The van der Waals surface area contributed by atoms with Gasteiger partial charge in [-0.3, -0.25) is 4.79 Å². The molecule has 1 aromatic carbocycles. The lowest BCUT2D eigenvalue weighted by molar-refractivity contribution is -0.124. The van der Waals surface area contributed by atoms with Crippen LogP contribution in [0, 0.1) is 17.2 Å². The highest BCUT2D eigenvalue weighted by Gasteiger charge is 2.29. The number of hydrogen-bond donors (Lipinski definition) is 2. The summed E-state index contributed by atoms with van der Waals surface area (Å²) in [5.41, 5.74) is 1.52. The van der Waals surface area contributed by atoms with Crippen molar-refractivity contribution in [2.75, 3.05) is 11.9 Å². The molecule has 0 spiro atoms. The third-order valence-corrected chi connectivity index (χ3v) is 3.99. The summed E-state index contributed by atoms with van der Waals surface area (Å²) in [6, 6.07) is 3.57. The van der Waals surface area contributed by atoms with E-state index in [1.54, 1.807) is 6.07 Å². The minimum absolute atomic E-state index is 0.121. The molecule has 21 heavy (non-hydrogen) atoms. The summed E-state index contributed by atoms with van der Waals surface area (Å²) in [5, 5.41) is 5.99. The van der Waals surface area contributed by atoms with Crippen molar-refractivity contribution in [2.24, 2.45) is 11.3 Å². The molecule has 2 N–H and O–H groups in total. The SMILES string of the molecule is CC(C)CC(C)(C)C(=O)Nc1ccc2c(c1F)CCNC2. The van der Waals surface area contributed by atoms with Gasteiger partial charge in [-0.2, -0.15) is 0 Å². The van der Waals surface area contributed by atoms with Gasteiger partial charge < -0.3 is 10.6 Å². The normalized spacial score (nSPS) is 15.0. The Morgan fingerprint density at radius 3 is 2.81 bits per heavy atom. The van der Waals surface area contributed by atoms with E-state index < -0.39 is 5.41 Å². The summed E-state index contributed by atoms with van der Waals surface area (Å²) in [4.78, 5) is 12.4. The number of fused-ring (bicyclic) bond motifs is 1. The van der Waals surface area contributed by atoms with E-state index in [4.69, 9.17) is 0 Å². The van der Waals surface area contributed by atoms with Crippen LogP contribution in [0.1, 0.15) is 45.2 Å². The van der Waals surface area contributed by atoms with Crippen molar-refractivity contribution in [3.63, 3.8) is 0 Å². The first-order valence-electron chi connectivity index (χ1n) is 7.63. The largest absolute Gasteiger partial charge is 0.323 e. The molecule has 0 aromatic heterocycles. The molecule has 0 unspecified atom stereocenters. The van der Waals surface area contributed by atoms with Crippen molar-refractivity contribution < 1.29 is 9.18 Å². The highest BCUT2D eigenvalue weighted by Crippen LogP contribution is 2.29. The van der Waals surface area contributed by atoms with E-state index in [0.717, 1.165) is 24.1 Å². The first-order chi connectivity index (χ1) is 9.81. The quantitative estimate of drug-likeness (QED) is 0.892. The molecule has 116 valence electrons. The second-order valence-corrected chi connectivity index (χ2v) is 6.93. The molecule has 1 aliphatic rings. The number of benzene rings is 1. The van der Waals surface area contributed by atoms with Gasteiger partial charge in [-0.1, -0.05) is 33.8 Å². The van der Waals surface area contributed by atoms with Crippen LogP contribution in [0.15, 0.2) is 12.1 Å². The number of amides is 1. The van der Waals surface area contributed by atoms with Gasteiger partial charge in [0.1, 0.15) is 5.82 Å². The van der Waals surface area contributed by atoms with Crippen molar-refractivity contribution >= 4 is 11.6 Å². The third-order valence-electron chi connectivity index (χ3n) is 3.99. The minimum Gasteiger partial charge on any atom is -0.323 e. The standard InChI is InChI=1S/C17H25FN2O/c1-11(2)9-17(3,4)16(21)20-14-6-5-12-10-19-8-7-13(12)15(14)18/h5-6,11,19H,7-10H2,1-4H3,(H,20,21). The van der Waals surface area contributed by atoms with Crippen LogP contribution in [0.3, 0.4) is 0 Å². The molecule has 0 aliphatic carbocycles. The number of anilines is 1. The molecule has 0 fully saturated rings. The van der Waals surface area contributed by atoms with E-state index in [-0.39, 0.29) is 11.7 Å². The van der Waals surface area contributed by atoms with Gasteiger partial charge >= 0.3 is 0 Å². The van der Waals surface area contributed by atoms with Crippen LogP contribution < -0.4 is 10.6 Å². The maximum absolute atomic E-state index is 14.5. The fraction of sp³-hybridized carbons (Fsp3) is 0.588. The zero-order valence-corrected chi connectivity index (χ0v) is 13.3. The Morgan fingerprint density at radius 1 is 1.43 bits per heavy atom. The van der Waals surface area contributed by atoms with E-state index in [1.165, 1.54) is 0 Å². The van der Waals surface area contributed by atoms with Gasteiger partial charge in [0.05, 0.1) is 5.69 Å². The monoisotopic (exact) mass is 292 g/mol. The van der Waals surface area contributed by atoms with Crippen LogP contribution in [0.2, 0.25) is 0 Å². The second-order valence-electron chi connectivity index (χ2n) is 6.93. The van der Waals surface area contributed by atoms with Gasteiger partial charge in [-0.15, -0.1) is 0 Å². The number of carbonyl (C=O) groups excluding carboxylic acids is 1. The lowest BCUT2D eigenvalue weighted by atomic mass is 9.83. The maximum atomic E-state index is 14.5. The van der Waals surface area contributed by atoms with Crippen molar-refractivity contribution in [3.05, 3.63) is 29.1 Å². The molecule has 0 saturated carbocycles. The minimum atomic E-state index is -0.502. The van der Waals surface area contributed by atoms with E-state index in [0.29, 0.717) is 24.6 Å². The van der Waals surface area contributed by atoms with Crippen LogP contribution in [-0.2, 0) is 17.8 Å². The van der Waals surface area contributed by atoms with E-state index in [1.807, 2.05) is 19.9 Å². The Kier molecular flexibility index (Phi) is 4.67. The number of rotatable bonds is 4. The highest BCUT2D eigenvalue weighted by molar-refractivity contribution is 5.95. The first kappa shape index (κ1) is 16.0. The average Bonchev–Trinajstić information content (AvgIpc) is 2.40. The molecule has 0 atom stereocenters. The highest BCUT2D eigenvalue weighted by atomic mass is 19.1. The topological polar surface area (TPSA) is 41.1 Å². The average molecular weight is 292 g/mol. The van der Waals surface area contributed by atoms with Gasteiger partial charge in [0.25, 0.3) is 0 Å². The smallest absolute Gasteiger partial charge is 0.230 e. The molecule has 1 aromatic rings. The predicted octanol–water partition coefficient (Wildman–Crippen LogP) is 3.48. The zero-order chi connectivity index (χ0) is 15.6. The molecule has 1 amide bonds. The summed E-state index contributed by atoms with van der Waals surface area (Å²) in [7, 11) is 0. The van der Waals surface area contributed by atoms with Gasteiger partial charge in [-0.25, -0.2) is 4.39 Å². The Hall–Kier alpha value is -1.42. The molecule has 3 nitrogen and oxygen atoms in total. The lowest BCUT2D eigenvalue weighted by Crippen LogP contribution is -2.32. The van der Waals surface area contributed by atoms with Gasteiger partial charge in [0.2, 0.25) is 5.91 Å². The van der Waals surface area contributed by atoms with Crippen molar-refractivity contribution in [1.82, 2.24) is 5.32 Å². The molecule has 0 saturated heterocycles. The van der Waals surface area contributed by atoms with E-state index >= 15 is 0 Å². The van der Waals surface area contributed by atoms with Gasteiger partial charge in [0.15, 0.2) is 0 Å². The number of hydrogen-bond acceptors (Lipinski definition) is 2. The molecule has 2 rings (SSSR count). The number of carbonyl (C=O) groups is 1. The molecule has 0 bridgehead atoms.